The van der Waals surface area contributed by atoms with Crippen molar-refractivity contribution in [3.8, 4) is 0 Å². The maximum Gasteiger partial charge on any atom is 0.114 e. The predicted octanol–water partition coefficient (Wildman–Crippen LogP) is 3.34. The molecule has 2 atom stereocenters. The second-order valence-corrected chi connectivity index (χ2v) is 4.95. The quantitative estimate of drug-likeness (QED) is 0.614. The predicted molar refractivity (Wildman–Crippen MR) is 66.6 cm³/mol. The zero-order valence-corrected chi connectivity index (χ0v) is 10.1. The van der Waals surface area contributed by atoms with Crippen LogP contribution in [0.2, 0.25) is 0 Å². The van der Waals surface area contributed by atoms with Gasteiger partial charge < -0.3 is 4.74 Å². The van der Waals surface area contributed by atoms with Crippen molar-refractivity contribution in [1.82, 2.24) is 0 Å². The first-order valence-electron chi connectivity index (χ1n) is 4.81. The van der Waals surface area contributed by atoms with E-state index in [-0.39, 0.29) is 0 Å². The number of aryl methyl sites for hydroxylation is 1. The van der Waals surface area contributed by atoms with E-state index in [1.54, 1.807) is 0 Å². The summed E-state index contributed by atoms with van der Waals surface area (Å²) >= 11 is 2.25. The van der Waals surface area contributed by atoms with E-state index < -0.39 is 0 Å². The summed E-state index contributed by atoms with van der Waals surface area (Å²) in [6, 6.07) is 10.5. The molecular formula is C12H13IO. The highest BCUT2D eigenvalue weighted by molar-refractivity contribution is 14.1. The van der Waals surface area contributed by atoms with E-state index in [0.717, 1.165) is 16.4 Å². The first-order chi connectivity index (χ1) is 6.77. The minimum absolute atomic E-state index is 0.319. The first kappa shape index (κ1) is 10.2. The van der Waals surface area contributed by atoms with Gasteiger partial charge in [-0.15, -0.1) is 0 Å². The van der Waals surface area contributed by atoms with Crippen LogP contribution >= 0.6 is 22.6 Å². The lowest BCUT2D eigenvalue weighted by molar-refractivity contribution is 0.379. The van der Waals surface area contributed by atoms with Crippen molar-refractivity contribution in [3.05, 3.63) is 46.1 Å². The fourth-order valence-electron chi connectivity index (χ4n) is 1.59. The Morgan fingerprint density at radius 1 is 1.36 bits per heavy atom. The molecule has 1 nitrogen and oxygen atoms in total. The molecule has 74 valence electrons. The normalized spacial score (nSPS) is 24.6. The SMILES string of the molecule is C=C(I)[C@@H]1O[C@H]1CCc1ccccc1. The zero-order chi connectivity index (χ0) is 9.97. The monoisotopic (exact) mass is 300 g/mol. The van der Waals surface area contributed by atoms with Crippen molar-refractivity contribution in [1.29, 1.82) is 0 Å². The molecular weight excluding hydrogens is 287 g/mol. The van der Waals surface area contributed by atoms with Crippen molar-refractivity contribution in [2.75, 3.05) is 0 Å². The average Bonchev–Trinajstić information content (AvgIpc) is 2.96. The molecule has 1 aromatic carbocycles. The maximum absolute atomic E-state index is 5.49. The minimum Gasteiger partial charge on any atom is -0.364 e. The van der Waals surface area contributed by atoms with Crippen molar-refractivity contribution in [3.63, 3.8) is 0 Å². The van der Waals surface area contributed by atoms with Crippen molar-refractivity contribution >= 4 is 22.6 Å². The summed E-state index contributed by atoms with van der Waals surface area (Å²) in [5.74, 6) is 0. The summed E-state index contributed by atoms with van der Waals surface area (Å²) in [7, 11) is 0. The zero-order valence-electron chi connectivity index (χ0n) is 7.95. The van der Waals surface area contributed by atoms with E-state index in [1.807, 2.05) is 6.07 Å². The molecule has 1 aliphatic heterocycles. The van der Waals surface area contributed by atoms with Crippen LogP contribution in [0, 0.1) is 0 Å². The minimum atomic E-state index is 0.319. The van der Waals surface area contributed by atoms with Crippen molar-refractivity contribution in [2.24, 2.45) is 0 Å². The van der Waals surface area contributed by atoms with Gasteiger partial charge in [-0.25, -0.2) is 0 Å². The number of rotatable bonds is 4. The molecule has 0 spiro atoms. The Bertz CT molecular complexity index is 320. The maximum atomic E-state index is 5.49. The van der Waals surface area contributed by atoms with Gasteiger partial charge in [0.2, 0.25) is 0 Å². The highest BCUT2D eigenvalue weighted by atomic mass is 127. The summed E-state index contributed by atoms with van der Waals surface area (Å²) in [5.41, 5.74) is 1.39. The van der Waals surface area contributed by atoms with Gasteiger partial charge in [0.1, 0.15) is 6.10 Å². The number of hydrogen-bond donors (Lipinski definition) is 0. The molecule has 0 amide bonds. The highest BCUT2D eigenvalue weighted by Gasteiger charge is 2.39. The van der Waals surface area contributed by atoms with Crippen LogP contribution in [0.3, 0.4) is 0 Å². The molecule has 14 heavy (non-hydrogen) atoms. The Morgan fingerprint density at radius 3 is 2.64 bits per heavy atom. The third-order valence-electron chi connectivity index (χ3n) is 2.45. The molecule has 0 N–H and O–H groups in total. The van der Waals surface area contributed by atoms with Gasteiger partial charge in [0, 0.05) is 3.58 Å². The van der Waals surface area contributed by atoms with Crippen molar-refractivity contribution in [2.45, 2.75) is 25.0 Å². The van der Waals surface area contributed by atoms with Crippen LogP contribution in [-0.4, -0.2) is 12.2 Å². The summed E-state index contributed by atoms with van der Waals surface area (Å²) in [4.78, 5) is 0. The van der Waals surface area contributed by atoms with E-state index in [0.29, 0.717) is 12.2 Å². The van der Waals surface area contributed by atoms with Crippen LogP contribution in [-0.2, 0) is 11.2 Å². The summed E-state index contributed by atoms with van der Waals surface area (Å²) in [5, 5.41) is 0. The van der Waals surface area contributed by atoms with Gasteiger partial charge in [-0.05, 0) is 41.0 Å². The molecule has 1 fully saturated rings. The number of hydrogen-bond acceptors (Lipinski definition) is 1. The fraction of sp³-hybridized carbons (Fsp3) is 0.333. The molecule has 2 rings (SSSR count). The second kappa shape index (κ2) is 4.45. The lowest BCUT2D eigenvalue weighted by Crippen LogP contribution is -1.95. The molecule has 0 saturated carbocycles. The van der Waals surface area contributed by atoms with Crippen LogP contribution in [0.4, 0.5) is 0 Å². The van der Waals surface area contributed by atoms with Crippen LogP contribution in [0.15, 0.2) is 40.5 Å². The molecule has 1 aliphatic rings. The lowest BCUT2D eigenvalue weighted by atomic mass is 10.1. The van der Waals surface area contributed by atoms with E-state index in [1.165, 1.54) is 5.56 Å². The first-order valence-corrected chi connectivity index (χ1v) is 5.89. The Morgan fingerprint density at radius 2 is 2.07 bits per heavy atom. The third kappa shape index (κ3) is 2.58. The van der Waals surface area contributed by atoms with Crippen LogP contribution in [0.1, 0.15) is 12.0 Å². The Kier molecular flexibility index (Phi) is 3.23. The van der Waals surface area contributed by atoms with Crippen LogP contribution < -0.4 is 0 Å². The standard InChI is InChI=1S/C12H13IO/c1-9(13)12-11(14-12)8-7-10-5-3-2-4-6-10/h2-6,11-12H,1,7-8H2/t11-,12-/m0/s1. The molecule has 1 saturated heterocycles. The van der Waals surface area contributed by atoms with Crippen LogP contribution in [0.25, 0.3) is 0 Å². The highest BCUT2D eigenvalue weighted by Crippen LogP contribution is 2.34. The number of epoxide rings is 1. The van der Waals surface area contributed by atoms with E-state index in [9.17, 15) is 0 Å². The molecule has 2 heteroatoms. The Balaban J connectivity index is 1.77. The molecule has 1 aromatic rings. The van der Waals surface area contributed by atoms with E-state index in [4.69, 9.17) is 4.74 Å². The molecule has 0 bridgehead atoms. The number of benzene rings is 1. The molecule has 0 unspecified atom stereocenters. The fourth-order valence-corrected chi connectivity index (χ4v) is 2.14. The van der Waals surface area contributed by atoms with Gasteiger partial charge in [0.25, 0.3) is 0 Å². The topological polar surface area (TPSA) is 12.5 Å². The van der Waals surface area contributed by atoms with Gasteiger partial charge in [0.15, 0.2) is 0 Å². The Hall–Kier alpha value is -0.350. The van der Waals surface area contributed by atoms with Gasteiger partial charge >= 0.3 is 0 Å². The number of halogens is 1. The van der Waals surface area contributed by atoms with Gasteiger partial charge in [-0.3, -0.25) is 0 Å². The van der Waals surface area contributed by atoms with Crippen molar-refractivity contribution < 1.29 is 4.74 Å². The molecule has 1 heterocycles. The average molecular weight is 300 g/mol. The molecule has 0 radical (unpaired) electrons. The third-order valence-corrected chi connectivity index (χ3v) is 3.07. The van der Waals surface area contributed by atoms with Crippen LogP contribution in [0.5, 0.6) is 0 Å². The van der Waals surface area contributed by atoms with E-state index in [2.05, 4.69) is 53.4 Å². The smallest absolute Gasteiger partial charge is 0.114 e. The largest absolute Gasteiger partial charge is 0.364 e. The molecule has 0 aliphatic carbocycles. The summed E-state index contributed by atoms with van der Waals surface area (Å²) in [6.07, 6.45) is 2.95. The summed E-state index contributed by atoms with van der Waals surface area (Å²) in [6.45, 7) is 3.88. The number of ether oxygens (including phenoxy) is 1. The lowest BCUT2D eigenvalue weighted by Gasteiger charge is -1.97. The summed E-state index contributed by atoms with van der Waals surface area (Å²) < 4.78 is 6.62. The molecule has 0 aromatic heterocycles. The second-order valence-electron chi connectivity index (χ2n) is 3.57. The van der Waals surface area contributed by atoms with E-state index >= 15 is 0 Å². The van der Waals surface area contributed by atoms with Gasteiger partial charge in [-0.2, -0.15) is 0 Å². The van der Waals surface area contributed by atoms with Gasteiger partial charge in [-0.1, -0.05) is 36.9 Å². The Labute approximate surface area is 98.3 Å². The van der Waals surface area contributed by atoms with Gasteiger partial charge in [0.05, 0.1) is 6.10 Å².